The molecular formula is C15H20N2O3. The van der Waals surface area contributed by atoms with Crippen molar-refractivity contribution in [3.05, 3.63) is 29.8 Å². The van der Waals surface area contributed by atoms with Crippen molar-refractivity contribution >= 4 is 17.6 Å². The third-order valence-corrected chi connectivity index (χ3v) is 3.56. The van der Waals surface area contributed by atoms with Gasteiger partial charge in [-0.2, -0.15) is 0 Å². The molecule has 3 N–H and O–H groups in total. The SMILES string of the molecule is CC1CCNC(C(=O)Nc2ccc(CC(=O)O)cc2)C1. The van der Waals surface area contributed by atoms with Crippen LogP contribution in [0.1, 0.15) is 25.3 Å². The second-order valence-corrected chi connectivity index (χ2v) is 5.39. The molecule has 0 spiro atoms. The summed E-state index contributed by atoms with van der Waals surface area (Å²) in [7, 11) is 0. The van der Waals surface area contributed by atoms with E-state index in [-0.39, 0.29) is 18.4 Å². The molecule has 1 amide bonds. The molecule has 0 bridgehead atoms. The van der Waals surface area contributed by atoms with Gasteiger partial charge in [0.1, 0.15) is 0 Å². The highest BCUT2D eigenvalue weighted by Gasteiger charge is 2.24. The van der Waals surface area contributed by atoms with E-state index in [2.05, 4.69) is 17.6 Å². The van der Waals surface area contributed by atoms with E-state index in [1.807, 2.05) is 0 Å². The van der Waals surface area contributed by atoms with Crippen LogP contribution >= 0.6 is 0 Å². The minimum absolute atomic E-state index is 0.00405. The van der Waals surface area contributed by atoms with Crippen LogP contribution in [-0.2, 0) is 16.0 Å². The number of aliphatic carboxylic acids is 1. The molecule has 2 rings (SSSR count). The molecule has 20 heavy (non-hydrogen) atoms. The van der Waals surface area contributed by atoms with Crippen molar-refractivity contribution in [2.45, 2.75) is 32.2 Å². The van der Waals surface area contributed by atoms with Crippen LogP contribution in [0.5, 0.6) is 0 Å². The Balaban J connectivity index is 1.92. The van der Waals surface area contributed by atoms with E-state index in [0.717, 1.165) is 24.9 Å². The van der Waals surface area contributed by atoms with Crippen LogP contribution in [0.4, 0.5) is 5.69 Å². The highest BCUT2D eigenvalue weighted by atomic mass is 16.4. The standard InChI is InChI=1S/C15H20N2O3/c1-10-6-7-16-13(8-10)15(20)17-12-4-2-11(3-5-12)9-14(18)19/h2-5,10,13,16H,6-9H2,1H3,(H,17,20)(H,18,19). The van der Waals surface area contributed by atoms with Gasteiger partial charge in [-0.3, -0.25) is 9.59 Å². The van der Waals surface area contributed by atoms with Crippen molar-refractivity contribution in [3.63, 3.8) is 0 Å². The smallest absolute Gasteiger partial charge is 0.307 e. The summed E-state index contributed by atoms with van der Waals surface area (Å²) in [6.45, 7) is 3.03. The van der Waals surface area contributed by atoms with Gasteiger partial charge in [0.2, 0.25) is 5.91 Å². The number of hydrogen-bond donors (Lipinski definition) is 3. The lowest BCUT2D eigenvalue weighted by molar-refractivity contribution is -0.136. The molecule has 1 heterocycles. The van der Waals surface area contributed by atoms with Gasteiger partial charge in [0.15, 0.2) is 0 Å². The Morgan fingerprint density at radius 2 is 2.05 bits per heavy atom. The number of carbonyl (C=O) groups excluding carboxylic acids is 1. The summed E-state index contributed by atoms with van der Waals surface area (Å²) < 4.78 is 0. The summed E-state index contributed by atoms with van der Waals surface area (Å²) in [6, 6.07) is 6.78. The largest absolute Gasteiger partial charge is 0.481 e. The van der Waals surface area contributed by atoms with Crippen LogP contribution in [0.15, 0.2) is 24.3 Å². The van der Waals surface area contributed by atoms with Crippen molar-refractivity contribution < 1.29 is 14.7 Å². The van der Waals surface area contributed by atoms with Gasteiger partial charge in [-0.15, -0.1) is 0 Å². The summed E-state index contributed by atoms with van der Waals surface area (Å²) in [5.41, 5.74) is 1.42. The van der Waals surface area contributed by atoms with Crippen LogP contribution in [0.3, 0.4) is 0 Å². The minimum atomic E-state index is -0.859. The lowest BCUT2D eigenvalue weighted by atomic mass is 9.94. The maximum absolute atomic E-state index is 12.1. The second-order valence-electron chi connectivity index (χ2n) is 5.39. The molecule has 1 fully saturated rings. The van der Waals surface area contributed by atoms with E-state index >= 15 is 0 Å². The number of piperidine rings is 1. The quantitative estimate of drug-likeness (QED) is 0.781. The van der Waals surface area contributed by atoms with Crippen molar-refractivity contribution in [2.75, 3.05) is 11.9 Å². The predicted octanol–water partition coefficient (Wildman–Crippen LogP) is 1.64. The summed E-state index contributed by atoms with van der Waals surface area (Å²) in [4.78, 5) is 22.7. The summed E-state index contributed by atoms with van der Waals surface area (Å²) in [6.07, 6.45) is 1.95. The maximum Gasteiger partial charge on any atom is 0.307 e. The van der Waals surface area contributed by atoms with Crippen molar-refractivity contribution in [1.29, 1.82) is 0 Å². The van der Waals surface area contributed by atoms with E-state index in [1.54, 1.807) is 24.3 Å². The number of hydrogen-bond acceptors (Lipinski definition) is 3. The highest BCUT2D eigenvalue weighted by molar-refractivity contribution is 5.94. The Bertz CT molecular complexity index is 484. The molecule has 0 aromatic heterocycles. The number of carboxylic acid groups (broad SMARTS) is 1. The monoisotopic (exact) mass is 276 g/mol. The lowest BCUT2D eigenvalue weighted by Gasteiger charge is -2.27. The van der Waals surface area contributed by atoms with Gasteiger partial charge in [-0.05, 0) is 43.0 Å². The molecule has 0 saturated carbocycles. The van der Waals surface area contributed by atoms with Gasteiger partial charge >= 0.3 is 5.97 Å². The number of anilines is 1. The average molecular weight is 276 g/mol. The number of nitrogens with one attached hydrogen (secondary N) is 2. The first kappa shape index (κ1) is 14.5. The van der Waals surface area contributed by atoms with Crippen molar-refractivity contribution in [3.8, 4) is 0 Å². The Morgan fingerprint density at radius 3 is 2.65 bits per heavy atom. The second kappa shape index (κ2) is 6.52. The zero-order chi connectivity index (χ0) is 14.5. The number of benzene rings is 1. The van der Waals surface area contributed by atoms with Gasteiger partial charge in [0.25, 0.3) is 0 Å². The molecule has 5 nitrogen and oxygen atoms in total. The fraction of sp³-hybridized carbons (Fsp3) is 0.467. The zero-order valence-corrected chi connectivity index (χ0v) is 11.6. The zero-order valence-electron chi connectivity index (χ0n) is 11.6. The Kier molecular flexibility index (Phi) is 4.74. The molecule has 1 saturated heterocycles. The average Bonchev–Trinajstić information content (AvgIpc) is 2.40. The number of amides is 1. The number of rotatable bonds is 4. The van der Waals surface area contributed by atoms with Gasteiger partial charge in [0.05, 0.1) is 12.5 Å². The molecule has 1 aromatic rings. The number of carbonyl (C=O) groups is 2. The van der Waals surface area contributed by atoms with Crippen LogP contribution in [0.2, 0.25) is 0 Å². The van der Waals surface area contributed by atoms with Crippen LogP contribution in [-0.4, -0.2) is 29.6 Å². The van der Waals surface area contributed by atoms with Gasteiger partial charge in [-0.25, -0.2) is 0 Å². The summed E-state index contributed by atoms with van der Waals surface area (Å²) in [5, 5.41) is 14.8. The van der Waals surface area contributed by atoms with Crippen molar-refractivity contribution in [1.82, 2.24) is 5.32 Å². The van der Waals surface area contributed by atoms with E-state index in [9.17, 15) is 9.59 Å². The Morgan fingerprint density at radius 1 is 1.35 bits per heavy atom. The third kappa shape index (κ3) is 4.06. The topological polar surface area (TPSA) is 78.4 Å². The first-order valence-electron chi connectivity index (χ1n) is 6.89. The van der Waals surface area contributed by atoms with E-state index < -0.39 is 5.97 Å². The van der Waals surface area contributed by atoms with Crippen LogP contribution in [0, 0.1) is 5.92 Å². The third-order valence-electron chi connectivity index (χ3n) is 3.56. The van der Waals surface area contributed by atoms with Crippen LogP contribution in [0.25, 0.3) is 0 Å². The Labute approximate surface area is 118 Å². The molecule has 5 heteroatoms. The van der Waals surface area contributed by atoms with E-state index in [4.69, 9.17) is 5.11 Å². The molecule has 0 aliphatic carbocycles. The normalized spacial score (nSPS) is 22.2. The fourth-order valence-corrected chi connectivity index (χ4v) is 2.42. The molecule has 1 aliphatic heterocycles. The summed E-state index contributed by atoms with van der Waals surface area (Å²) >= 11 is 0. The van der Waals surface area contributed by atoms with E-state index in [0.29, 0.717) is 11.6 Å². The predicted molar refractivity (Wildman–Crippen MR) is 76.6 cm³/mol. The lowest BCUT2D eigenvalue weighted by Crippen LogP contribution is -2.45. The molecule has 2 atom stereocenters. The molecule has 2 unspecified atom stereocenters. The van der Waals surface area contributed by atoms with Crippen molar-refractivity contribution in [2.24, 2.45) is 5.92 Å². The minimum Gasteiger partial charge on any atom is -0.481 e. The first-order chi connectivity index (χ1) is 9.54. The molecule has 108 valence electrons. The van der Waals surface area contributed by atoms with Gasteiger partial charge in [-0.1, -0.05) is 19.1 Å². The first-order valence-corrected chi connectivity index (χ1v) is 6.89. The Hall–Kier alpha value is -1.88. The molecule has 1 aliphatic rings. The summed E-state index contributed by atoms with van der Waals surface area (Å²) in [5.74, 6) is -0.324. The molecule has 1 aromatic carbocycles. The molecular weight excluding hydrogens is 256 g/mol. The van der Waals surface area contributed by atoms with Gasteiger partial charge in [0, 0.05) is 5.69 Å². The molecule has 0 radical (unpaired) electrons. The maximum atomic E-state index is 12.1. The fourth-order valence-electron chi connectivity index (χ4n) is 2.42. The highest BCUT2D eigenvalue weighted by Crippen LogP contribution is 2.17. The van der Waals surface area contributed by atoms with E-state index in [1.165, 1.54) is 0 Å². The van der Waals surface area contributed by atoms with Gasteiger partial charge < -0.3 is 15.7 Å². The van der Waals surface area contributed by atoms with Crippen LogP contribution < -0.4 is 10.6 Å². The number of carboxylic acids is 1.